The molecule has 0 spiro atoms. The number of carboxylic acid groups (broad SMARTS) is 1. The van der Waals surface area contributed by atoms with Crippen LogP contribution in [0.3, 0.4) is 0 Å². The molecule has 0 fully saturated rings. The third-order valence-electron chi connectivity index (χ3n) is 5.33. The molecule has 166 valence electrons. The summed E-state index contributed by atoms with van der Waals surface area (Å²) in [7, 11) is 0. The first-order chi connectivity index (χ1) is 14.6. The third kappa shape index (κ3) is 7.28. The number of nitrogens with one attached hydrogen (secondary N) is 1. The molecule has 31 heavy (non-hydrogen) atoms. The largest absolute Gasteiger partial charge is 0.493 e. The number of aryl methyl sites for hydroxylation is 2. The first-order valence-electron chi connectivity index (χ1n) is 10.7. The topological polar surface area (TPSA) is 75.6 Å². The lowest BCUT2D eigenvalue weighted by Gasteiger charge is -2.23. The van der Waals surface area contributed by atoms with Gasteiger partial charge in [-0.25, -0.2) is 4.79 Å². The van der Waals surface area contributed by atoms with Crippen LogP contribution in [0.1, 0.15) is 56.7 Å². The van der Waals surface area contributed by atoms with Gasteiger partial charge in [-0.2, -0.15) is 0 Å². The first-order valence-corrected chi connectivity index (χ1v) is 10.7. The number of anilines is 1. The molecule has 0 aliphatic carbocycles. The van der Waals surface area contributed by atoms with Crippen LogP contribution in [-0.4, -0.2) is 23.6 Å². The van der Waals surface area contributed by atoms with E-state index in [0.29, 0.717) is 30.7 Å². The van der Waals surface area contributed by atoms with Gasteiger partial charge in [0.25, 0.3) is 0 Å². The highest BCUT2D eigenvalue weighted by Crippen LogP contribution is 2.26. The average Bonchev–Trinajstić information content (AvgIpc) is 2.72. The Hall–Kier alpha value is -3.08. The molecule has 2 aromatic rings. The molecule has 0 aliphatic heterocycles. The third-order valence-corrected chi connectivity index (χ3v) is 5.33. The maximum atomic E-state index is 12.8. The first kappa shape index (κ1) is 24.2. The van der Waals surface area contributed by atoms with Gasteiger partial charge in [0.1, 0.15) is 5.75 Å². The molecular weight excluding hydrogens is 390 g/mol. The van der Waals surface area contributed by atoms with Gasteiger partial charge in [0.05, 0.1) is 6.61 Å². The van der Waals surface area contributed by atoms with Crippen molar-refractivity contribution in [2.24, 2.45) is 5.41 Å². The zero-order chi connectivity index (χ0) is 23.0. The lowest BCUT2D eigenvalue weighted by Crippen LogP contribution is -2.31. The number of ether oxygens (including phenoxy) is 1. The van der Waals surface area contributed by atoms with Crippen LogP contribution in [-0.2, 0) is 9.59 Å². The summed E-state index contributed by atoms with van der Waals surface area (Å²) >= 11 is 0. The van der Waals surface area contributed by atoms with Crippen LogP contribution >= 0.6 is 0 Å². The van der Waals surface area contributed by atoms with Gasteiger partial charge in [-0.15, -0.1) is 0 Å². The Labute approximate surface area is 185 Å². The van der Waals surface area contributed by atoms with Crippen LogP contribution in [0.5, 0.6) is 5.75 Å². The number of hydrogen-bond acceptors (Lipinski definition) is 3. The number of amides is 1. The summed E-state index contributed by atoms with van der Waals surface area (Å²) in [6, 6.07) is 13.3. The van der Waals surface area contributed by atoms with E-state index in [-0.39, 0.29) is 5.91 Å². The fourth-order valence-electron chi connectivity index (χ4n) is 3.15. The highest BCUT2D eigenvalue weighted by atomic mass is 16.5. The van der Waals surface area contributed by atoms with Crippen molar-refractivity contribution in [2.75, 3.05) is 11.9 Å². The van der Waals surface area contributed by atoms with Crippen molar-refractivity contribution >= 4 is 23.6 Å². The molecule has 5 heteroatoms. The quantitative estimate of drug-likeness (QED) is 0.363. The summed E-state index contributed by atoms with van der Waals surface area (Å²) in [5, 5.41) is 12.1. The summed E-state index contributed by atoms with van der Waals surface area (Å²) < 4.78 is 5.90. The Morgan fingerprint density at radius 1 is 1.10 bits per heavy atom. The highest BCUT2D eigenvalue weighted by molar-refractivity contribution is 5.95. The molecule has 0 aliphatic rings. The van der Waals surface area contributed by atoms with Gasteiger partial charge in [-0.3, -0.25) is 4.79 Å². The fraction of sp³-hybridized carbons (Fsp3) is 0.385. The summed E-state index contributed by atoms with van der Waals surface area (Å²) in [6.07, 6.45) is 3.57. The maximum Gasteiger partial charge on any atom is 0.331 e. The molecule has 0 aromatic heterocycles. The van der Waals surface area contributed by atoms with Gasteiger partial charge in [-0.1, -0.05) is 45.0 Å². The number of hydrogen-bond donors (Lipinski definition) is 2. The lowest BCUT2D eigenvalue weighted by molar-refractivity contribution is -0.132. The van der Waals surface area contributed by atoms with Crippen LogP contribution in [0.2, 0.25) is 0 Å². The molecule has 1 amide bonds. The van der Waals surface area contributed by atoms with Crippen molar-refractivity contribution in [3.8, 4) is 5.75 Å². The van der Waals surface area contributed by atoms with E-state index in [1.54, 1.807) is 30.3 Å². The Morgan fingerprint density at radius 2 is 1.77 bits per heavy atom. The molecule has 0 unspecified atom stereocenters. The van der Waals surface area contributed by atoms with Gasteiger partial charge in [0.2, 0.25) is 5.91 Å². The van der Waals surface area contributed by atoms with Crippen molar-refractivity contribution < 1.29 is 19.4 Å². The predicted molar refractivity (Wildman–Crippen MR) is 125 cm³/mol. The van der Waals surface area contributed by atoms with E-state index in [9.17, 15) is 9.59 Å². The lowest BCUT2D eigenvalue weighted by atomic mass is 9.87. The number of carbonyl (C=O) groups excluding carboxylic acids is 1. The molecule has 5 nitrogen and oxygen atoms in total. The minimum absolute atomic E-state index is 0.0534. The van der Waals surface area contributed by atoms with Crippen molar-refractivity contribution in [2.45, 2.75) is 53.9 Å². The van der Waals surface area contributed by atoms with Gasteiger partial charge in [-0.05, 0) is 74.1 Å². The predicted octanol–water partition coefficient (Wildman–Crippen LogP) is 6.01. The molecule has 0 saturated heterocycles. The van der Waals surface area contributed by atoms with Crippen LogP contribution in [0.15, 0.2) is 48.0 Å². The number of carboxylic acids is 1. The number of aliphatic carboxylic acids is 1. The number of benzene rings is 2. The van der Waals surface area contributed by atoms with Crippen molar-refractivity contribution in [3.05, 3.63) is 64.7 Å². The van der Waals surface area contributed by atoms with Crippen LogP contribution < -0.4 is 10.1 Å². The molecular formula is C26H33NO4. The molecule has 0 atom stereocenters. The Bertz CT molecular complexity index is 942. The Kier molecular flexibility index (Phi) is 8.43. The zero-order valence-electron chi connectivity index (χ0n) is 19.1. The van der Waals surface area contributed by atoms with Gasteiger partial charge in [0, 0.05) is 16.7 Å². The molecule has 0 radical (unpaired) electrons. The normalized spacial score (nSPS) is 11.8. The second-order valence-electron chi connectivity index (χ2n) is 8.51. The van der Waals surface area contributed by atoms with Crippen LogP contribution in [0.25, 0.3) is 6.08 Å². The van der Waals surface area contributed by atoms with Crippen molar-refractivity contribution in [1.82, 2.24) is 0 Å². The van der Waals surface area contributed by atoms with Crippen molar-refractivity contribution in [3.63, 3.8) is 0 Å². The maximum absolute atomic E-state index is 12.8. The second-order valence-corrected chi connectivity index (χ2v) is 8.51. The molecule has 0 heterocycles. The molecule has 0 saturated carbocycles. The summed E-state index contributed by atoms with van der Waals surface area (Å²) in [6.45, 7) is 10.3. The fourth-order valence-corrected chi connectivity index (χ4v) is 3.15. The van der Waals surface area contributed by atoms with Crippen molar-refractivity contribution in [1.29, 1.82) is 0 Å². The van der Waals surface area contributed by atoms with Crippen LogP contribution in [0.4, 0.5) is 5.69 Å². The minimum atomic E-state index is -0.914. The Morgan fingerprint density at radius 3 is 2.39 bits per heavy atom. The Balaban J connectivity index is 1.88. The average molecular weight is 424 g/mol. The van der Waals surface area contributed by atoms with E-state index in [4.69, 9.17) is 9.84 Å². The SMILES string of the molecule is CCC(=Cc1ccc(NC(=O)C(C)(C)CCCOc2cc(C)ccc2C)cc1)C(=O)O. The monoisotopic (exact) mass is 423 g/mol. The number of rotatable bonds is 10. The second kappa shape index (κ2) is 10.8. The smallest absolute Gasteiger partial charge is 0.331 e. The van der Waals surface area contributed by atoms with Crippen LogP contribution in [0, 0.1) is 19.3 Å². The van der Waals surface area contributed by atoms with E-state index < -0.39 is 11.4 Å². The number of carbonyl (C=O) groups is 2. The van der Waals surface area contributed by atoms with E-state index >= 15 is 0 Å². The van der Waals surface area contributed by atoms with Gasteiger partial charge >= 0.3 is 5.97 Å². The van der Waals surface area contributed by atoms with Gasteiger partial charge in [0.15, 0.2) is 0 Å². The molecule has 2 rings (SSSR count). The minimum Gasteiger partial charge on any atom is -0.493 e. The summed E-state index contributed by atoms with van der Waals surface area (Å²) in [4.78, 5) is 23.9. The van der Waals surface area contributed by atoms with E-state index in [2.05, 4.69) is 11.4 Å². The van der Waals surface area contributed by atoms with E-state index in [1.807, 2.05) is 46.8 Å². The highest BCUT2D eigenvalue weighted by Gasteiger charge is 2.27. The molecule has 0 bridgehead atoms. The summed E-state index contributed by atoms with van der Waals surface area (Å²) in [5.41, 5.74) is 3.56. The van der Waals surface area contributed by atoms with E-state index in [1.165, 1.54) is 0 Å². The van der Waals surface area contributed by atoms with Gasteiger partial charge < -0.3 is 15.2 Å². The zero-order valence-corrected chi connectivity index (χ0v) is 19.1. The standard InChI is InChI=1S/C26H33NO4/c1-6-21(24(28)29)17-20-10-12-22(13-11-20)27-25(30)26(4,5)14-7-15-31-23-16-18(2)8-9-19(23)3/h8-13,16-17H,6-7,14-15H2,1-5H3,(H,27,30)(H,28,29). The molecule has 2 N–H and O–H groups in total. The van der Waals surface area contributed by atoms with E-state index in [0.717, 1.165) is 28.9 Å². The molecule has 2 aromatic carbocycles. The summed E-state index contributed by atoms with van der Waals surface area (Å²) in [5.74, 6) is -0.0731.